The van der Waals surface area contributed by atoms with Crippen LogP contribution in [0.5, 0.6) is 5.75 Å². The van der Waals surface area contributed by atoms with E-state index in [1.807, 2.05) is 18.7 Å². The van der Waals surface area contributed by atoms with Crippen LogP contribution in [-0.4, -0.2) is 46.8 Å². The summed E-state index contributed by atoms with van der Waals surface area (Å²) in [4.78, 5) is 6.40. The Morgan fingerprint density at radius 3 is 2.42 bits per heavy atom. The number of anilines is 1. The molecule has 26 heavy (non-hydrogen) atoms. The number of ether oxygens (including phenoxy) is 2. The Kier molecular flexibility index (Phi) is 5.52. The molecule has 8 heteroatoms. The van der Waals surface area contributed by atoms with Crippen LogP contribution >= 0.6 is 0 Å². The molecule has 2 heterocycles. The quantitative estimate of drug-likeness (QED) is 0.762. The van der Waals surface area contributed by atoms with Crippen molar-refractivity contribution in [3.8, 4) is 5.75 Å². The van der Waals surface area contributed by atoms with E-state index in [0.29, 0.717) is 56.2 Å². The monoisotopic (exact) mass is 380 g/mol. The van der Waals surface area contributed by atoms with Crippen LogP contribution in [0.2, 0.25) is 0 Å². The Hall–Kier alpha value is -2.06. The van der Waals surface area contributed by atoms with Gasteiger partial charge in [-0.15, -0.1) is 0 Å². The van der Waals surface area contributed by atoms with Crippen LogP contribution in [0, 0.1) is 5.92 Å². The molecule has 1 aromatic heterocycles. The summed E-state index contributed by atoms with van der Waals surface area (Å²) in [6, 6.07) is 6.29. The summed E-state index contributed by atoms with van der Waals surface area (Å²) in [6.45, 7) is 6.28. The SMILES string of the molecule is COc1ccc(S(=O)(=O)c2nc(CC(C)C)oc2N2CCOCC2)cc1. The topological polar surface area (TPSA) is 81.9 Å². The second kappa shape index (κ2) is 7.67. The Morgan fingerprint density at radius 2 is 1.85 bits per heavy atom. The highest BCUT2D eigenvalue weighted by molar-refractivity contribution is 7.91. The molecule has 0 amide bonds. The number of hydrogen-bond acceptors (Lipinski definition) is 7. The lowest BCUT2D eigenvalue weighted by atomic mass is 10.1. The summed E-state index contributed by atoms with van der Waals surface area (Å²) in [5.74, 6) is 1.65. The second-order valence-corrected chi connectivity index (χ2v) is 8.46. The summed E-state index contributed by atoms with van der Waals surface area (Å²) >= 11 is 0. The smallest absolute Gasteiger partial charge is 0.236 e. The van der Waals surface area contributed by atoms with Gasteiger partial charge in [-0.2, -0.15) is 4.98 Å². The van der Waals surface area contributed by atoms with Gasteiger partial charge in [-0.25, -0.2) is 8.42 Å². The van der Waals surface area contributed by atoms with E-state index in [0.717, 1.165) is 0 Å². The number of morpholine rings is 1. The summed E-state index contributed by atoms with van der Waals surface area (Å²) in [6.07, 6.45) is 0.579. The third-order valence-electron chi connectivity index (χ3n) is 4.13. The van der Waals surface area contributed by atoms with Crippen LogP contribution in [0.4, 0.5) is 5.88 Å². The Bertz CT molecular complexity index is 837. The number of rotatable bonds is 6. The van der Waals surface area contributed by atoms with Gasteiger partial charge in [0.1, 0.15) is 5.75 Å². The van der Waals surface area contributed by atoms with Crippen molar-refractivity contribution in [3.05, 3.63) is 30.2 Å². The standard InChI is InChI=1S/C18H24N2O5S/c1-13(2)12-16-19-17(18(25-16)20-8-10-24-11-9-20)26(21,22)15-6-4-14(23-3)5-7-15/h4-7,13H,8-12H2,1-3H3. The number of hydrogen-bond donors (Lipinski definition) is 0. The van der Waals surface area contributed by atoms with Crippen LogP contribution in [-0.2, 0) is 21.0 Å². The molecule has 142 valence electrons. The fourth-order valence-corrected chi connectivity index (χ4v) is 4.12. The third-order valence-corrected chi connectivity index (χ3v) is 5.80. The number of benzene rings is 1. The van der Waals surface area contributed by atoms with E-state index < -0.39 is 9.84 Å². The molecule has 0 atom stereocenters. The molecule has 1 aliphatic rings. The first-order valence-electron chi connectivity index (χ1n) is 8.63. The Morgan fingerprint density at radius 1 is 1.19 bits per heavy atom. The molecular formula is C18H24N2O5S. The lowest BCUT2D eigenvalue weighted by Gasteiger charge is -2.26. The van der Waals surface area contributed by atoms with Crippen LogP contribution in [0.25, 0.3) is 0 Å². The molecule has 0 radical (unpaired) electrons. The molecule has 0 unspecified atom stereocenters. The van der Waals surface area contributed by atoms with Crippen molar-refractivity contribution in [2.24, 2.45) is 5.92 Å². The first kappa shape index (κ1) is 18.7. The van der Waals surface area contributed by atoms with Gasteiger partial charge in [0.15, 0.2) is 5.89 Å². The van der Waals surface area contributed by atoms with Crippen molar-refractivity contribution >= 4 is 15.7 Å². The zero-order valence-corrected chi connectivity index (χ0v) is 16.1. The van der Waals surface area contributed by atoms with E-state index in [1.54, 1.807) is 12.1 Å². The maximum absolute atomic E-state index is 13.2. The lowest BCUT2D eigenvalue weighted by molar-refractivity contribution is 0.120. The molecule has 0 spiro atoms. The number of sulfone groups is 1. The number of methoxy groups -OCH3 is 1. The predicted molar refractivity (Wildman–Crippen MR) is 96.5 cm³/mol. The van der Waals surface area contributed by atoms with Crippen LogP contribution in [0.1, 0.15) is 19.7 Å². The lowest BCUT2D eigenvalue weighted by Crippen LogP contribution is -2.36. The van der Waals surface area contributed by atoms with Gasteiger partial charge in [0.05, 0.1) is 25.2 Å². The summed E-state index contributed by atoms with van der Waals surface area (Å²) < 4.78 is 42.7. The van der Waals surface area contributed by atoms with E-state index in [9.17, 15) is 8.42 Å². The third kappa shape index (κ3) is 3.86. The van der Waals surface area contributed by atoms with Crippen LogP contribution < -0.4 is 9.64 Å². The van der Waals surface area contributed by atoms with E-state index in [1.165, 1.54) is 19.2 Å². The van der Waals surface area contributed by atoms with Gasteiger partial charge in [0, 0.05) is 19.5 Å². The average molecular weight is 380 g/mol. The minimum Gasteiger partial charge on any atom is -0.497 e. The normalized spacial score (nSPS) is 15.5. The maximum Gasteiger partial charge on any atom is 0.236 e. The first-order chi connectivity index (χ1) is 12.4. The predicted octanol–water partition coefficient (Wildman–Crippen LogP) is 2.55. The molecule has 0 aliphatic carbocycles. The summed E-state index contributed by atoms with van der Waals surface area (Å²) in [7, 11) is -2.26. The summed E-state index contributed by atoms with van der Waals surface area (Å²) in [5, 5.41) is -0.0276. The van der Waals surface area contributed by atoms with Gasteiger partial charge in [0.2, 0.25) is 20.7 Å². The molecule has 0 saturated carbocycles. The van der Waals surface area contributed by atoms with Gasteiger partial charge in [0.25, 0.3) is 0 Å². The average Bonchev–Trinajstić information content (AvgIpc) is 3.06. The van der Waals surface area contributed by atoms with Gasteiger partial charge in [-0.1, -0.05) is 13.8 Å². The van der Waals surface area contributed by atoms with Crippen molar-refractivity contribution < 1.29 is 22.3 Å². The molecule has 3 rings (SSSR count). The van der Waals surface area contributed by atoms with Crippen LogP contribution in [0.3, 0.4) is 0 Å². The molecule has 7 nitrogen and oxygen atoms in total. The largest absolute Gasteiger partial charge is 0.497 e. The number of aromatic nitrogens is 1. The van der Waals surface area contributed by atoms with Gasteiger partial charge in [-0.3, -0.25) is 0 Å². The van der Waals surface area contributed by atoms with E-state index in [2.05, 4.69) is 4.98 Å². The summed E-state index contributed by atoms with van der Waals surface area (Å²) in [5.41, 5.74) is 0. The molecular weight excluding hydrogens is 356 g/mol. The maximum atomic E-state index is 13.2. The fourth-order valence-electron chi connectivity index (χ4n) is 2.78. The minimum atomic E-state index is -3.80. The minimum absolute atomic E-state index is 0.0276. The number of nitrogens with zero attached hydrogens (tertiary/aromatic N) is 2. The van der Waals surface area contributed by atoms with Crippen molar-refractivity contribution in [3.63, 3.8) is 0 Å². The van der Waals surface area contributed by atoms with Gasteiger partial charge < -0.3 is 18.8 Å². The van der Waals surface area contributed by atoms with E-state index in [4.69, 9.17) is 13.9 Å². The highest BCUT2D eigenvalue weighted by Gasteiger charge is 2.31. The Balaban J connectivity index is 2.03. The van der Waals surface area contributed by atoms with E-state index in [-0.39, 0.29) is 9.92 Å². The molecule has 2 aromatic rings. The van der Waals surface area contributed by atoms with Crippen molar-refractivity contribution in [2.75, 3.05) is 38.3 Å². The molecule has 1 fully saturated rings. The van der Waals surface area contributed by atoms with Gasteiger partial charge in [-0.05, 0) is 30.2 Å². The van der Waals surface area contributed by atoms with Crippen molar-refractivity contribution in [1.29, 1.82) is 0 Å². The zero-order valence-electron chi connectivity index (χ0n) is 15.3. The highest BCUT2D eigenvalue weighted by atomic mass is 32.2. The zero-order chi connectivity index (χ0) is 18.7. The first-order valence-corrected chi connectivity index (χ1v) is 10.1. The molecule has 0 N–H and O–H groups in total. The van der Waals surface area contributed by atoms with Crippen LogP contribution in [0.15, 0.2) is 38.6 Å². The van der Waals surface area contributed by atoms with Crippen molar-refractivity contribution in [1.82, 2.24) is 4.98 Å². The second-order valence-electron chi connectivity index (χ2n) is 6.59. The molecule has 1 aromatic carbocycles. The molecule has 0 bridgehead atoms. The van der Waals surface area contributed by atoms with Gasteiger partial charge >= 0.3 is 0 Å². The number of oxazole rings is 1. The Labute approximate surface area is 153 Å². The molecule has 1 aliphatic heterocycles. The highest BCUT2D eigenvalue weighted by Crippen LogP contribution is 2.32. The van der Waals surface area contributed by atoms with E-state index >= 15 is 0 Å². The fraction of sp³-hybridized carbons (Fsp3) is 0.500. The van der Waals surface area contributed by atoms with Crippen molar-refractivity contribution in [2.45, 2.75) is 30.2 Å². The molecule has 1 saturated heterocycles.